The number of fused-ring (bicyclic) bond motifs is 1. The number of rotatable bonds is 2. The zero-order valence-corrected chi connectivity index (χ0v) is 10.6. The summed E-state index contributed by atoms with van der Waals surface area (Å²) < 4.78 is 6.60. The van der Waals surface area contributed by atoms with Crippen LogP contribution in [-0.2, 0) is 4.74 Å². The van der Waals surface area contributed by atoms with Gasteiger partial charge in [-0.15, -0.1) is 0 Å². The van der Waals surface area contributed by atoms with Crippen molar-refractivity contribution in [1.82, 2.24) is 19.7 Å². The summed E-state index contributed by atoms with van der Waals surface area (Å²) in [7, 11) is 0. The maximum atomic E-state index is 11.8. The average molecular weight is 282 g/mol. The molecule has 0 radical (unpaired) electrons. The predicted molar refractivity (Wildman–Crippen MR) is 65.9 cm³/mol. The molecule has 0 aliphatic carbocycles. The topological polar surface area (TPSA) is 133 Å². The molecule has 9 nitrogen and oxygen atoms in total. The minimum atomic E-state index is -1.27. The van der Waals surface area contributed by atoms with Gasteiger partial charge in [-0.05, 0) is 6.92 Å². The maximum Gasteiger partial charge on any atom is 0.262 e. The highest BCUT2D eigenvalue weighted by atomic mass is 16.6. The Morgan fingerprint density at radius 2 is 2.20 bits per heavy atom. The van der Waals surface area contributed by atoms with Crippen LogP contribution in [0.15, 0.2) is 11.0 Å². The second kappa shape index (κ2) is 4.63. The molecular weight excluding hydrogens is 268 g/mol. The van der Waals surface area contributed by atoms with Gasteiger partial charge in [0.05, 0.1) is 12.8 Å². The highest BCUT2D eigenvalue weighted by molar-refractivity contribution is 5.73. The number of aromatic nitrogens is 4. The second-order valence-corrected chi connectivity index (χ2v) is 4.71. The number of aromatic amines is 1. The molecule has 108 valence electrons. The Labute approximate surface area is 112 Å². The van der Waals surface area contributed by atoms with E-state index in [2.05, 4.69) is 15.1 Å². The lowest BCUT2D eigenvalue weighted by molar-refractivity contribution is -0.0566. The van der Waals surface area contributed by atoms with Crippen molar-refractivity contribution < 1.29 is 20.1 Å². The van der Waals surface area contributed by atoms with Crippen LogP contribution in [0.25, 0.3) is 11.0 Å². The number of nitrogens with zero attached hydrogens (tertiary/aromatic N) is 3. The summed E-state index contributed by atoms with van der Waals surface area (Å²) in [6, 6.07) is 0. The van der Waals surface area contributed by atoms with Gasteiger partial charge in [0.1, 0.15) is 29.5 Å². The van der Waals surface area contributed by atoms with Gasteiger partial charge in [0.15, 0.2) is 11.9 Å². The number of aryl methyl sites for hydroxylation is 1. The van der Waals surface area contributed by atoms with Gasteiger partial charge in [-0.25, -0.2) is 9.67 Å². The molecule has 0 aromatic carbocycles. The minimum Gasteiger partial charge on any atom is -0.394 e. The predicted octanol–water partition coefficient (Wildman–Crippen LogP) is -1.96. The first-order chi connectivity index (χ1) is 9.52. The largest absolute Gasteiger partial charge is 0.394 e. The van der Waals surface area contributed by atoms with E-state index in [-0.39, 0.29) is 16.6 Å². The van der Waals surface area contributed by atoms with Crippen LogP contribution < -0.4 is 5.56 Å². The van der Waals surface area contributed by atoms with Gasteiger partial charge in [0.2, 0.25) is 0 Å². The third kappa shape index (κ3) is 1.83. The highest BCUT2D eigenvalue weighted by Gasteiger charge is 2.44. The van der Waals surface area contributed by atoms with Crippen molar-refractivity contribution in [2.24, 2.45) is 0 Å². The molecule has 3 heterocycles. The monoisotopic (exact) mass is 282 g/mol. The zero-order chi connectivity index (χ0) is 14.4. The van der Waals surface area contributed by atoms with Crippen molar-refractivity contribution in [2.75, 3.05) is 6.61 Å². The molecule has 1 aliphatic heterocycles. The summed E-state index contributed by atoms with van der Waals surface area (Å²) in [5.74, 6) is 0.399. The molecule has 4 N–H and O–H groups in total. The van der Waals surface area contributed by atoms with E-state index in [1.165, 1.54) is 10.9 Å². The van der Waals surface area contributed by atoms with E-state index in [0.29, 0.717) is 5.82 Å². The first kappa shape index (κ1) is 13.2. The normalized spacial score (nSPS) is 30.2. The van der Waals surface area contributed by atoms with Crippen LogP contribution >= 0.6 is 0 Å². The number of aliphatic hydroxyl groups excluding tert-OH is 3. The van der Waals surface area contributed by atoms with Crippen molar-refractivity contribution in [3.8, 4) is 0 Å². The number of H-pyrrole nitrogens is 1. The molecule has 1 aliphatic rings. The van der Waals surface area contributed by atoms with Gasteiger partial charge in [-0.3, -0.25) is 4.79 Å². The van der Waals surface area contributed by atoms with Gasteiger partial charge in [-0.2, -0.15) is 5.10 Å². The summed E-state index contributed by atoms with van der Waals surface area (Å²) in [6.07, 6.45) is -3.09. The van der Waals surface area contributed by atoms with E-state index in [1.54, 1.807) is 6.92 Å². The lowest BCUT2D eigenvalue weighted by Crippen LogP contribution is -2.33. The molecule has 1 fully saturated rings. The molecule has 9 heteroatoms. The van der Waals surface area contributed by atoms with E-state index in [4.69, 9.17) is 9.84 Å². The van der Waals surface area contributed by atoms with Gasteiger partial charge < -0.3 is 25.0 Å². The van der Waals surface area contributed by atoms with Crippen LogP contribution in [0.2, 0.25) is 0 Å². The van der Waals surface area contributed by atoms with E-state index in [1.807, 2.05) is 0 Å². The number of hydrogen-bond donors (Lipinski definition) is 4. The van der Waals surface area contributed by atoms with E-state index >= 15 is 0 Å². The highest BCUT2D eigenvalue weighted by Crippen LogP contribution is 2.30. The van der Waals surface area contributed by atoms with Crippen LogP contribution in [0.1, 0.15) is 12.1 Å². The molecule has 0 amide bonds. The molecular formula is C11H14N4O5. The molecule has 20 heavy (non-hydrogen) atoms. The van der Waals surface area contributed by atoms with Crippen molar-refractivity contribution in [3.63, 3.8) is 0 Å². The number of hydrogen-bond acceptors (Lipinski definition) is 7. The fraction of sp³-hybridized carbons (Fsp3) is 0.545. The van der Waals surface area contributed by atoms with E-state index < -0.39 is 31.1 Å². The van der Waals surface area contributed by atoms with Gasteiger partial charge >= 0.3 is 0 Å². The molecule has 4 atom stereocenters. The smallest absolute Gasteiger partial charge is 0.262 e. The molecule has 2 aromatic rings. The Hall–Kier alpha value is -1.81. The zero-order valence-electron chi connectivity index (χ0n) is 10.6. The molecule has 0 spiro atoms. The lowest BCUT2D eigenvalue weighted by Gasteiger charge is -2.15. The molecule has 1 saturated heterocycles. The standard InChI is InChI=1S/C11H14N4O5/c1-4-13-9-5(10(19)14-4)2-12-15(9)11-8(18)7(17)6(3-16)20-11/h2,6-8,11,16-18H,3H2,1H3,(H,13,14,19)/t6-,7?,8+,11-/m1/s1. The Kier molecular flexibility index (Phi) is 3.05. The summed E-state index contributed by atoms with van der Waals surface area (Å²) in [4.78, 5) is 18.5. The Morgan fingerprint density at radius 1 is 1.45 bits per heavy atom. The fourth-order valence-electron chi connectivity index (χ4n) is 2.31. The minimum absolute atomic E-state index is 0.251. The Bertz CT molecular complexity index is 696. The first-order valence-corrected chi connectivity index (χ1v) is 6.09. The molecule has 0 bridgehead atoms. The third-order valence-corrected chi connectivity index (χ3v) is 3.34. The van der Waals surface area contributed by atoms with Crippen molar-refractivity contribution in [3.05, 3.63) is 22.4 Å². The molecule has 2 aromatic heterocycles. The Morgan fingerprint density at radius 3 is 2.85 bits per heavy atom. The number of ether oxygens (including phenoxy) is 1. The maximum absolute atomic E-state index is 11.8. The third-order valence-electron chi connectivity index (χ3n) is 3.34. The molecule has 3 rings (SSSR count). The van der Waals surface area contributed by atoms with Gasteiger partial charge in [0, 0.05) is 0 Å². The van der Waals surface area contributed by atoms with Crippen molar-refractivity contribution >= 4 is 11.0 Å². The summed E-state index contributed by atoms with van der Waals surface area (Å²) >= 11 is 0. The van der Waals surface area contributed by atoms with Crippen LogP contribution in [0.3, 0.4) is 0 Å². The summed E-state index contributed by atoms with van der Waals surface area (Å²) in [5.41, 5.74) is -0.0911. The fourth-order valence-corrected chi connectivity index (χ4v) is 2.31. The number of aliphatic hydroxyl groups is 3. The van der Waals surface area contributed by atoms with Crippen LogP contribution in [0.5, 0.6) is 0 Å². The summed E-state index contributed by atoms with van der Waals surface area (Å²) in [6.45, 7) is 1.19. The van der Waals surface area contributed by atoms with Crippen LogP contribution in [0.4, 0.5) is 0 Å². The SMILES string of the molecule is Cc1nc2c(cnn2[C@@H]2O[C@H](CO)C(O)[C@@H]2O)c(=O)[nH]1. The van der Waals surface area contributed by atoms with Crippen molar-refractivity contribution in [1.29, 1.82) is 0 Å². The second-order valence-electron chi connectivity index (χ2n) is 4.71. The van der Waals surface area contributed by atoms with Crippen LogP contribution in [-0.4, -0.2) is 60.0 Å². The van der Waals surface area contributed by atoms with Crippen molar-refractivity contribution in [2.45, 2.75) is 31.5 Å². The molecule has 1 unspecified atom stereocenters. The van der Waals surface area contributed by atoms with E-state index in [0.717, 1.165) is 0 Å². The average Bonchev–Trinajstić information content (AvgIpc) is 2.93. The van der Waals surface area contributed by atoms with Crippen LogP contribution in [0, 0.1) is 6.92 Å². The van der Waals surface area contributed by atoms with Gasteiger partial charge in [0.25, 0.3) is 5.56 Å². The number of nitrogens with one attached hydrogen (secondary N) is 1. The van der Waals surface area contributed by atoms with E-state index in [9.17, 15) is 15.0 Å². The molecule has 0 saturated carbocycles. The Balaban J connectivity index is 2.09. The van der Waals surface area contributed by atoms with Gasteiger partial charge in [-0.1, -0.05) is 0 Å². The lowest BCUT2D eigenvalue weighted by atomic mass is 10.1. The first-order valence-electron chi connectivity index (χ1n) is 6.09. The quantitative estimate of drug-likeness (QED) is 0.502. The summed E-state index contributed by atoms with van der Waals surface area (Å²) in [5, 5.41) is 33.0.